The summed E-state index contributed by atoms with van der Waals surface area (Å²) in [6.07, 6.45) is 1.05. The first-order chi connectivity index (χ1) is 10.3. The summed E-state index contributed by atoms with van der Waals surface area (Å²) < 4.78 is 7.21. The van der Waals surface area contributed by atoms with Crippen LogP contribution in [0.3, 0.4) is 0 Å². The summed E-state index contributed by atoms with van der Waals surface area (Å²) in [6.45, 7) is 3.56. The molecule has 0 saturated carbocycles. The number of hydrogen-bond donors (Lipinski definition) is 0. The lowest BCUT2D eigenvalue weighted by atomic mass is 9.89. The molecule has 6 heteroatoms. The van der Waals surface area contributed by atoms with Crippen LogP contribution in [0.5, 0.6) is 0 Å². The van der Waals surface area contributed by atoms with Gasteiger partial charge < -0.3 is 9.64 Å². The number of fused-ring (bicyclic) bond motifs is 2. The Balaban J connectivity index is 1.48. The number of para-hydroxylation sites is 1. The Hall–Kier alpha value is -1.95. The van der Waals surface area contributed by atoms with Gasteiger partial charge in [-0.3, -0.25) is 4.79 Å². The molecule has 2 atom stereocenters. The Morgan fingerprint density at radius 2 is 2.14 bits per heavy atom. The average molecular weight is 286 g/mol. The van der Waals surface area contributed by atoms with Crippen LogP contribution in [0.15, 0.2) is 24.3 Å². The molecule has 3 heterocycles. The van der Waals surface area contributed by atoms with Crippen molar-refractivity contribution in [2.75, 3.05) is 26.3 Å². The molecule has 0 bridgehead atoms. The maximum atomic E-state index is 12.5. The van der Waals surface area contributed by atoms with E-state index in [4.69, 9.17) is 4.74 Å². The van der Waals surface area contributed by atoms with Gasteiger partial charge in [-0.2, -0.15) is 0 Å². The van der Waals surface area contributed by atoms with Crippen molar-refractivity contribution < 1.29 is 9.53 Å². The largest absolute Gasteiger partial charge is 0.381 e. The van der Waals surface area contributed by atoms with E-state index in [0.29, 0.717) is 11.8 Å². The zero-order chi connectivity index (χ0) is 14.2. The van der Waals surface area contributed by atoms with E-state index < -0.39 is 0 Å². The van der Waals surface area contributed by atoms with E-state index in [2.05, 4.69) is 10.3 Å². The third-order valence-corrected chi connectivity index (χ3v) is 4.61. The van der Waals surface area contributed by atoms with E-state index in [1.165, 1.54) is 0 Å². The molecule has 2 aliphatic rings. The van der Waals surface area contributed by atoms with Crippen LogP contribution >= 0.6 is 0 Å². The van der Waals surface area contributed by atoms with Crippen molar-refractivity contribution in [3.8, 4) is 0 Å². The summed E-state index contributed by atoms with van der Waals surface area (Å²) in [5, 5.41) is 8.18. The van der Waals surface area contributed by atoms with Gasteiger partial charge in [-0.25, -0.2) is 4.68 Å². The topological polar surface area (TPSA) is 60.2 Å². The van der Waals surface area contributed by atoms with Crippen LogP contribution in [0, 0.1) is 11.8 Å². The van der Waals surface area contributed by atoms with E-state index in [0.717, 1.165) is 43.8 Å². The Bertz CT molecular complexity index is 668. The standard InChI is InChI=1S/C15H18N4O2/c20-15(18-6-5-11-9-21-10-12(11)7-18)8-19-14-4-2-1-3-13(14)16-17-19/h1-4,11-12H,5-10H2. The van der Waals surface area contributed by atoms with Crippen LogP contribution in [0.4, 0.5) is 0 Å². The number of aromatic nitrogens is 3. The summed E-state index contributed by atoms with van der Waals surface area (Å²) in [5.74, 6) is 1.27. The number of carbonyl (C=O) groups is 1. The van der Waals surface area contributed by atoms with E-state index >= 15 is 0 Å². The number of hydrogen-bond acceptors (Lipinski definition) is 4. The second kappa shape index (κ2) is 5.11. The quantitative estimate of drug-likeness (QED) is 0.824. The van der Waals surface area contributed by atoms with E-state index in [-0.39, 0.29) is 12.5 Å². The first-order valence-corrected chi connectivity index (χ1v) is 7.45. The monoisotopic (exact) mass is 286 g/mol. The van der Waals surface area contributed by atoms with Crippen LogP contribution < -0.4 is 0 Å². The average Bonchev–Trinajstić information content (AvgIpc) is 3.13. The zero-order valence-electron chi connectivity index (χ0n) is 11.8. The van der Waals surface area contributed by atoms with Crippen molar-refractivity contribution in [1.29, 1.82) is 0 Å². The van der Waals surface area contributed by atoms with Crippen molar-refractivity contribution in [1.82, 2.24) is 19.9 Å². The molecule has 21 heavy (non-hydrogen) atoms. The van der Waals surface area contributed by atoms with Crippen molar-refractivity contribution in [2.24, 2.45) is 11.8 Å². The van der Waals surface area contributed by atoms with Crippen LogP contribution in [0.25, 0.3) is 11.0 Å². The lowest BCUT2D eigenvalue weighted by Crippen LogP contribution is -2.44. The lowest BCUT2D eigenvalue weighted by molar-refractivity contribution is -0.134. The van der Waals surface area contributed by atoms with Gasteiger partial charge in [0.05, 0.1) is 12.1 Å². The summed E-state index contributed by atoms with van der Waals surface area (Å²) in [7, 11) is 0. The Morgan fingerprint density at radius 1 is 1.29 bits per heavy atom. The SMILES string of the molecule is O=C(Cn1nnc2ccccc21)N1CCC2COCC2C1. The molecule has 2 saturated heterocycles. The normalized spacial score (nSPS) is 25.2. The highest BCUT2D eigenvalue weighted by Crippen LogP contribution is 2.29. The minimum Gasteiger partial charge on any atom is -0.381 e. The van der Waals surface area contributed by atoms with Gasteiger partial charge in [0, 0.05) is 25.6 Å². The zero-order valence-corrected chi connectivity index (χ0v) is 11.8. The molecule has 1 aromatic carbocycles. The van der Waals surface area contributed by atoms with Gasteiger partial charge in [-0.1, -0.05) is 17.3 Å². The Morgan fingerprint density at radius 3 is 3.10 bits per heavy atom. The molecular weight excluding hydrogens is 268 g/mol. The molecule has 0 radical (unpaired) electrons. The minimum atomic E-state index is 0.121. The number of likely N-dealkylation sites (tertiary alicyclic amines) is 1. The van der Waals surface area contributed by atoms with Gasteiger partial charge >= 0.3 is 0 Å². The van der Waals surface area contributed by atoms with Crippen LogP contribution in [-0.2, 0) is 16.1 Å². The summed E-state index contributed by atoms with van der Waals surface area (Å²) in [4.78, 5) is 14.4. The number of amides is 1. The maximum Gasteiger partial charge on any atom is 0.244 e. The molecule has 1 aromatic heterocycles. The van der Waals surface area contributed by atoms with Crippen molar-refractivity contribution in [3.63, 3.8) is 0 Å². The van der Waals surface area contributed by atoms with Crippen LogP contribution in [-0.4, -0.2) is 52.1 Å². The fraction of sp³-hybridized carbons (Fsp3) is 0.533. The first kappa shape index (κ1) is 12.8. The Labute approximate surface area is 122 Å². The fourth-order valence-corrected chi connectivity index (χ4v) is 3.35. The molecule has 1 amide bonds. The molecule has 2 aliphatic heterocycles. The second-order valence-corrected chi connectivity index (χ2v) is 5.92. The molecule has 2 unspecified atom stereocenters. The third-order valence-electron chi connectivity index (χ3n) is 4.61. The summed E-state index contributed by atoms with van der Waals surface area (Å²) in [6, 6.07) is 7.71. The minimum absolute atomic E-state index is 0.121. The molecule has 4 rings (SSSR count). The number of carbonyl (C=O) groups excluding carboxylic acids is 1. The van der Waals surface area contributed by atoms with Crippen molar-refractivity contribution >= 4 is 16.9 Å². The third kappa shape index (κ3) is 2.29. The van der Waals surface area contributed by atoms with E-state index in [1.807, 2.05) is 29.2 Å². The molecule has 6 nitrogen and oxygen atoms in total. The van der Waals surface area contributed by atoms with Crippen molar-refractivity contribution in [3.05, 3.63) is 24.3 Å². The predicted molar refractivity (Wildman–Crippen MR) is 76.5 cm³/mol. The van der Waals surface area contributed by atoms with Gasteiger partial charge in [-0.15, -0.1) is 5.10 Å². The maximum absolute atomic E-state index is 12.5. The summed E-state index contributed by atoms with van der Waals surface area (Å²) >= 11 is 0. The number of rotatable bonds is 2. The van der Waals surface area contributed by atoms with Gasteiger partial charge in [0.2, 0.25) is 5.91 Å². The number of piperidine rings is 1. The van der Waals surface area contributed by atoms with E-state index in [9.17, 15) is 4.79 Å². The van der Waals surface area contributed by atoms with Crippen LogP contribution in [0.2, 0.25) is 0 Å². The smallest absolute Gasteiger partial charge is 0.244 e. The summed E-state index contributed by atoms with van der Waals surface area (Å²) in [5.41, 5.74) is 1.73. The predicted octanol–water partition coefficient (Wildman–Crippen LogP) is 0.926. The highest BCUT2D eigenvalue weighted by Gasteiger charge is 2.35. The van der Waals surface area contributed by atoms with Gasteiger partial charge in [-0.05, 0) is 24.5 Å². The fourth-order valence-electron chi connectivity index (χ4n) is 3.35. The molecule has 0 N–H and O–H groups in total. The highest BCUT2D eigenvalue weighted by molar-refractivity contribution is 5.79. The molecule has 2 fully saturated rings. The number of benzene rings is 1. The second-order valence-electron chi connectivity index (χ2n) is 5.92. The van der Waals surface area contributed by atoms with E-state index in [1.54, 1.807) is 4.68 Å². The lowest BCUT2D eigenvalue weighted by Gasteiger charge is -2.33. The van der Waals surface area contributed by atoms with Crippen LogP contribution in [0.1, 0.15) is 6.42 Å². The molecule has 2 aromatic rings. The van der Waals surface area contributed by atoms with Gasteiger partial charge in [0.15, 0.2) is 0 Å². The number of ether oxygens (including phenoxy) is 1. The molecule has 0 aliphatic carbocycles. The number of nitrogens with zero attached hydrogens (tertiary/aromatic N) is 4. The Kier molecular flexibility index (Phi) is 3.11. The molecular formula is C15H18N4O2. The molecule has 0 spiro atoms. The van der Waals surface area contributed by atoms with Crippen molar-refractivity contribution in [2.45, 2.75) is 13.0 Å². The first-order valence-electron chi connectivity index (χ1n) is 7.45. The van der Waals surface area contributed by atoms with Gasteiger partial charge in [0.25, 0.3) is 0 Å². The van der Waals surface area contributed by atoms with Gasteiger partial charge in [0.1, 0.15) is 12.1 Å². The highest BCUT2D eigenvalue weighted by atomic mass is 16.5. The molecule has 110 valence electrons.